The molecule has 1 N–H and O–H groups in total. The highest BCUT2D eigenvalue weighted by Gasteiger charge is 2.55. The molecular formula is C21H29F3N2O3Si. The van der Waals surface area contributed by atoms with Crippen molar-refractivity contribution in [2.75, 3.05) is 0 Å². The van der Waals surface area contributed by atoms with Crippen LogP contribution in [0.3, 0.4) is 0 Å². The van der Waals surface area contributed by atoms with Crippen LogP contribution in [0.2, 0.25) is 18.1 Å². The van der Waals surface area contributed by atoms with Gasteiger partial charge in [-0.05, 0) is 49.5 Å². The number of hydrogen-bond acceptors (Lipinski definition) is 3. The van der Waals surface area contributed by atoms with E-state index in [0.29, 0.717) is 12.8 Å². The summed E-state index contributed by atoms with van der Waals surface area (Å²) in [5, 5.41) is 11.3. The summed E-state index contributed by atoms with van der Waals surface area (Å²) in [6, 6.07) is 3.62. The largest absolute Gasteiger partial charge is 0.416 e. The molecule has 1 saturated carbocycles. The Labute approximate surface area is 176 Å². The number of rotatable bonds is 5. The number of halogens is 3. The van der Waals surface area contributed by atoms with E-state index in [2.05, 4.69) is 25.6 Å². The fraction of sp³-hybridized carbons (Fsp3) is 0.619. The monoisotopic (exact) mass is 442 g/mol. The van der Waals surface area contributed by atoms with E-state index in [-0.39, 0.29) is 17.0 Å². The van der Waals surface area contributed by atoms with Gasteiger partial charge in [0.05, 0.1) is 11.7 Å². The quantitative estimate of drug-likeness (QED) is 0.222. The van der Waals surface area contributed by atoms with Crippen molar-refractivity contribution in [3.05, 3.63) is 40.9 Å². The van der Waals surface area contributed by atoms with Crippen molar-refractivity contribution in [3.63, 3.8) is 0 Å². The topological polar surface area (TPSA) is 82.9 Å². The summed E-state index contributed by atoms with van der Waals surface area (Å²) in [4.78, 5) is 16.1. The number of alkyl halides is 3. The molecule has 2 rings (SSSR count). The van der Waals surface area contributed by atoms with E-state index in [1.165, 1.54) is 0 Å². The molecule has 0 heterocycles. The summed E-state index contributed by atoms with van der Waals surface area (Å²) >= 11 is 0. The van der Waals surface area contributed by atoms with Crippen molar-refractivity contribution < 1.29 is 32.3 Å². The molecule has 0 bridgehead atoms. The molecule has 0 aliphatic heterocycles. The molecule has 2 unspecified atom stereocenters. The maximum Gasteiger partial charge on any atom is 0.416 e. The zero-order chi connectivity index (χ0) is 23.0. The van der Waals surface area contributed by atoms with Crippen molar-refractivity contribution in [2.24, 2.45) is 0 Å². The Morgan fingerprint density at radius 3 is 2.23 bits per heavy atom. The second kappa shape index (κ2) is 8.38. The van der Waals surface area contributed by atoms with E-state index >= 15 is 0 Å². The van der Waals surface area contributed by atoms with Gasteiger partial charge in [0, 0.05) is 5.56 Å². The van der Waals surface area contributed by atoms with Crippen molar-refractivity contribution in [1.82, 2.24) is 0 Å². The van der Waals surface area contributed by atoms with Crippen LogP contribution in [0.5, 0.6) is 0 Å². The summed E-state index contributed by atoms with van der Waals surface area (Å²) in [5.41, 5.74) is 6.32. The van der Waals surface area contributed by atoms with Gasteiger partial charge in [-0.2, -0.15) is 18.0 Å². The van der Waals surface area contributed by atoms with Crippen LogP contribution in [0.1, 0.15) is 62.4 Å². The van der Waals surface area contributed by atoms with E-state index in [0.717, 1.165) is 30.7 Å². The minimum absolute atomic E-state index is 0.0964. The van der Waals surface area contributed by atoms with Gasteiger partial charge in [-0.25, -0.2) is 0 Å². The summed E-state index contributed by atoms with van der Waals surface area (Å²) < 4.78 is 44.8. The lowest BCUT2D eigenvalue weighted by atomic mass is 9.76. The molecule has 0 radical (unpaired) electrons. The highest BCUT2D eigenvalue weighted by Crippen LogP contribution is 2.42. The van der Waals surface area contributed by atoms with Gasteiger partial charge >= 0.3 is 11.9 Å². The zero-order valence-corrected chi connectivity index (χ0v) is 19.0. The molecule has 1 aromatic rings. The molecule has 0 amide bonds. The number of aliphatic hydroxyl groups is 1. The van der Waals surface area contributed by atoms with E-state index in [1.807, 2.05) is 13.1 Å². The second-order valence-corrected chi connectivity index (χ2v) is 14.1. The van der Waals surface area contributed by atoms with Crippen LogP contribution >= 0.6 is 0 Å². The van der Waals surface area contributed by atoms with Crippen LogP contribution in [-0.2, 0) is 10.6 Å². The van der Waals surface area contributed by atoms with Crippen LogP contribution in [0.4, 0.5) is 13.2 Å². The summed E-state index contributed by atoms with van der Waals surface area (Å²) in [7, 11) is -2.32. The molecule has 1 aromatic carbocycles. The van der Waals surface area contributed by atoms with Gasteiger partial charge in [0.15, 0.2) is 13.9 Å². The fourth-order valence-corrected chi connectivity index (χ4v) is 4.74. The Kier molecular flexibility index (Phi) is 6.83. The standard InChI is InChI=1S/C21H29F3N2O3Si/c1-19(2,3)30(4,5)29-16-8-6-7-13-20(16,28)18(26-25)17(27)14-9-11-15(12-10-14)21(22,23)24/h9-12,16,28H,6-8,13H2,1-5H3. The smallest absolute Gasteiger partial charge is 0.410 e. The first kappa shape index (κ1) is 24.5. The molecule has 5 nitrogen and oxygen atoms in total. The molecule has 30 heavy (non-hydrogen) atoms. The predicted octanol–water partition coefficient (Wildman–Crippen LogP) is 5.25. The lowest BCUT2D eigenvalue weighted by molar-refractivity contribution is -0.137. The van der Waals surface area contributed by atoms with Gasteiger partial charge in [-0.1, -0.05) is 39.3 Å². The minimum atomic E-state index is -4.53. The van der Waals surface area contributed by atoms with Crippen molar-refractivity contribution in [1.29, 1.82) is 0 Å². The van der Waals surface area contributed by atoms with Crippen LogP contribution < -0.4 is 0 Å². The van der Waals surface area contributed by atoms with E-state index in [9.17, 15) is 28.6 Å². The first-order valence-electron chi connectivity index (χ1n) is 9.98. The lowest BCUT2D eigenvalue weighted by Gasteiger charge is -2.44. The Morgan fingerprint density at radius 2 is 1.77 bits per heavy atom. The molecule has 0 spiro atoms. The Morgan fingerprint density at radius 1 is 1.20 bits per heavy atom. The van der Waals surface area contributed by atoms with Crippen molar-refractivity contribution in [2.45, 2.75) is 82.5 Å². The molecule has 1 aliphatic carbocycles. The Bertz CT molecular complexity index is 841. The number of carbonyl (C=O) groups is 1. The summed E-state index contributed by atoms with van der Waals surface area (Å²) in [5.74, 6) is -0.820. The average molecular weight is 443 g/mol. The molecule has 1 aliphatic rings. The number of carbonyl (C=O) groups excluding carboxylic acids is 1. The molecule has 1 fully saturated rings. The maximum absolute atomic E-state index is 13.0. The third-order valence-corrected chi connectivity index (χ3v) is 10.7. The molecule has 9 heteroatoms. The van der Waals surface area contributed by atoms with Crippen molar-refractivity contribution >= 4 is 19.8 Å². The lowest BCUT2D eigenvalue weighted by Crippen LogP contribution is -2.59. The summed E-state index contributed by atoms with van der Waals surface area (Å²) in [6.07, 6.45) is -3.22. The molecule has 166 valence electrons. The maximum atomic E-state index is 13.0. The van der Waals surface area contributed by atoms with Gasteiger partial charge in [-0.15, -0.1) is 0 Å². The number of hydrogen-bond donors (Lipinski definition) is 1. The van der Waals surface area contributed by atoms with Crippen LogP contribution in [0, 0.1) is 0 Å². The normalized spacial score (nSPS) is 23.0. The molecule has 0 aromatic heterocycles. The van der Waals surface area contributed by atoms with Crippen LogP contribution in [0.25, 0.3) is 5.53 Å². The average Bonchev–Trinajstić information content (AvgIpc) is 2.62. The van der Waals surface area contributed by atoms with E-state index in [1.54, 1.807) is 0 Å². The first-order valence-corrected chi connectivity index (χ1v) is 12.9. The number of nitrogens with zero attached hydrogens (tertiary/aromatic N) is 2. The first-order chi connectivity index (χ1) is 13.6. The van der Waals surface area contributed by atoms with Gasteiger partial charge in [0.25, 0.3) is 5.78 Å². The Hall–Kier alpha value is -1.80. The number of ketones is 1. The van der Waals surface area contributed by atoms with Crippen LogP contribution in [0.15, 0.2) is 24.3 Å². The van der Waals surface area contributed by atoms with Gasteiger partial charge < -0.3 is 15.1 Å². The third-order valence-electron chi connectivity index (χ3n) is 6.25. The summed E-state index contributed by atoms with van der Waals surface area (Å²) in [6.45, 7) is 10.2. The van der Waals surface area contributed by atoms with Crippen LogP contribution in [-0.4, -0.2) is 41.4 Å². The van der Waals surface area contributed by atoms with Gasteiger partial charge in [-0.3, -0.25) is 4.79 Å². The van der Waals surface area contributed by atoms with E-state index < -0.39 is 43.3 Å². The number of Topliss-reactive ketones (excluding diaryl/α,β-unsaturated/α-hetero) is 1. The fourth-order valence-electron chi connectivity index (χ4n) is 3.36. The SMILES string of the molecule is CC(C)(C)[Si](C)(C)OC1CCCCC1(O)C(=[N+]=[N-])C(=O)c1ccc(C(F)(F)F)cc1. The van der Waals surface area contributed by atoms with E-state index in [4.69, 9.17) is 4.43 Å². The third kappa shape index (κ3) is 4.91. The minimum Gasteiger partial charge on any atom is -0.410 e. The highest BCUT2D eigenvalue weighted by atomic mass is 28.4. The zero-order valence-electron chi connectivity index (χ0n) is 18.0. The second-order valence-electron chi connectivity index (χ2n) is 9.39. The molecular weight excluding hydrogens is 413 g/mol. The molecule has 2 atom stereocenters. The highest BCUT2D eigenvalue weighted by molar-refractivity contribution is 6.74. The number of benzene rings is 1. The molecule has 0 saturated heterocycles. The predicted molar refractivity (Wildman–Crippen MR) is 110 cm³/mol. The van der Waals surface area contributed by atoms with Crippen molar-refractivity contribution in [3.8, 4) is 0 Å². The Balaban J connectivity index is 2.38. The van der Waals surface area contributed by atoms with Gasteiger partial charge in [0.2, 0.25) is 0 Å². The van der Waals surface area contributed by atoms with Gasteiger partial charge in [0.1, 0.15) is 0 Å².